The summed E-state index contributed by atoms with van der Waals surface area (Å²) in [4.78, 5) is 23.6. The van der Waals surface area contributed by atoms with Gasteiger partial charge in [-0.05, 0) is 0 Å². The second-order valence-electron chi connectivity index (χ2n) is 4.40. The number of urea groups is 1. The molecule has 3 rings (SSSR count). The molecule has 0 aliphatic carbocycles. The molecule has 0 aromatic carbocycles. The van der Waals surface area contributed by atoms with Crippen LogP contribution in [0, 0.1) is 0 Å². The first kappa shape index (κ1) is 14.3. The summed E-state index contributed by atoms with van der Waals surface area (Å²) in [5, 5.41) is 12.1. The Hall–Kier alpha value is -1.65. The lowest BCUT2D eigenvalue weighted by Crippen LogP contribution is -2.56. The standard InChI is InChI=1S/C9H11FN3O7P/c10-3-1-13(9(15)12-7(3)11)8-5(14)6-4(19-8)2-18-21(16,17)20-6/h1,5,7-8,14H,2,11H2,(H,12,15)(H,16,17)/p-1/t5-,7?,8-/m1/s1. The lowest BCUT2D eigenvalue weighted by molar-refractivity contribution is -0.224. The molecule has 4 atom stereocenters. The minimum Gasteiger partial charge on any atom is -0.746 e. The van der Waals surface area contributed by atoms with E-state index in [4.69, 9.17) is 10.5 Å². The van der Waals surface area contributed by atoms with Gasteiger partial charge in [-0.25, -0.2) is 9.18 Å². The van der Waals surface area contributed by atoms with Crippen molar-refractivity contribution >= 4 is 13.9 Å². The van der Waals surface area contributed by atoms with Gasteiger partial charge in [-0.2, -0.15) is 0 Å². The van der Waals surface area contributed by atoms with E-state index < -0.39 is 44.8 Å². The fourth-order valence-electron chi connectivity index (χ4n) is 2.00. The van der Waals surface area contributed by atoms with Crippen molar-refractivity contribution in [1.82, 2.24) is 10.2 Å². The molecule has 3 heterocycles. The largest absolute Gasteiger partial charge is 0.746 e. The number of ether oxygens (including phenoxy) is 1. The van der Waals surface area contributed by atoms with Crippen LogP contribution >= 0.6 is 7.82 Å². The highest BCUT2D eigenvalue weighted by molar-refractivity contribution is 7.46. The van der Waals surface area contributed by atoms with Crippen molar-refractivity contribution in [2.45, 2.75) is 18.5 Å². The van der Waals surface area contributed by atoms with Gasteiger partial charge >= 0.3 is 13.9 Å². The third-order valence-electron chi connectivity index (χ3n) is 2.99. The van der Waals surface area contributed by atoms with Crippen LogP contribution in [-0.4, -0.2) is 41.1 Å². The van der Waals surface area contributed by atoms with Gasteiger partial charge in [-0.1, -0.05) is 0 Å². The summed E-state index contributed by atoms with van der Waals surface area (Å²) in [6.45, 7) is -0.481. The van der Waals surface area contributed by atoms with Crippen LogP contribution in [0.2, 0.25) is 0 Å². The number of aliphatic hydroxyl groups excluding tert-OH is 1. The fraction of sp³-hybridized carbons (Fsp3) is 0.444. The van der Waals surface area contributed by atoms with Crippen LogP contribution in [0.4, 0.5) is 9.18 Å². The molecule has 4 N–H and O–H groups in total. The number of aliphatic hydroxyl groups is 1. The van der Waals surface area contributed by atoms with Gasteiger partial charge in [0, 0.05) is 6.20 Å². The number of amides is 2. The molecule has 0 aromatic heterocycles. The van der Waals surface area contributed by atoms with Gasteiger partial charge in [0.15, 0.2) is 23.4 Å². The molecule has 12 heteroatoms. The van der Waals surface area contributed by atoms with E-state index in [-0.39, 0.29) is 11.5 Å². The molecule has 0 radical (unpaired) electrons. The summed E-state index contributed by atoms with van der Waals surface area (Å²) in [5.74, 6) is -1.34. The highest BCUT2D eigenvalue weighted by Crippen LogP contribution is 2.49. The fourth-order valence-corrected chi connectivity index (χ4v) is 2.78. The Morgan fingerprint density at radius 2 is 2.33 bits per heavy atom. The van der Waals surface area contributed by atoms with Crippen molar-refractivity contribution in [2.75, 3.05) is 6.61 Å². The van der Waals surface area contributed by atoms with E-state index in [1.807, 2.05) is 0 Å². The summed E-state index contributed by atoms with van der Waals surface area (Å²) in [7, 11) is -4.57. The lowest BCUT2D eigenvalue weighted by Gasteiger charge is -2.32. The van der Waals surface area contributed by atoms with Gasteiger partial charge in [-0.3, -0.25) is 9.46 Å². The number of nitrogens with zero attached hydrogens (tertiary/aromatic N) is 1. The van der Waals surface area contributed by atoms with Crippen LogP contribution in [0.1, 0.15) is 0 Å². The van der Waals surface area contributed by atoms with Gasteiger partial charge in [0.1, 0.15) is 12.8 Å². The second kappa shape index (κ2) is 4.68. The average Bonchev–Trinajstić information content (AvgIpc) is 2.70. The van der Waals surface area contributed by atoms with Gasteiger partial charge in [0.25, 0.3) is 0 Å². The van der Waals surface area contributed by atoms with Gasteiger partial charge < -0.3 is 34.8 Å². The molecule has 0 saturated heterocycles. The number of hydrogen-bond donors (Lipinski definition) is 3. The number of carbonyl (C=O) groups excluding carboxylic acids is 1. The minimum absolute atomic E-state index is 0.0914. The Bertz CT molecular complexity index is 608. The molecular weight excluding hydrogens is 312 g/mol. The maximum atomic E-state index is 13.5. The third-order valence-corrected chi connectivity index (χ3v) is 3.85. The summed E-state index contributed by atoms with van der Waals surface area (Å²) >= 11 is 0. The number of nitrogens with one attached hydrogen (secondary N) is 1. The highest BCUT2D eigenvalue weighted by atomic mass is 31.2. The molecule has 10 nitrogen and oxygen atoms in total. The van der Waals surface area contributed by atoms with Crippen molar-refractivity contribution in [3.05, 3.63) is 23.5 Å². The summed E-state index contributed by atoms with van der Waals surface area (Å²) in [6.07, 6.45) is -3.55. The molecular formula is C9H10FN3O7P-. The average molecular weight is 322 g/mol. The maximum Gasteiger partial charge on any atom is 0.326 e. The Morgan fingerprint density at radius 1 is 1.62 bits per heavy atom. The van der Waals surface area contributed by atoms with Crippen molar-refractivity contribution in [3.8, 4) is 0 Å². The first-order chi connectivity index (χ1) is 9.78. The van der Waals surface area contributed by atoms with Gasteiger partial charge in [0.2, 0.25) is 6.23 Å². The molecule has 116 valence electrons. The highest BCUT2D eigenvalue weighted by Gasteiger charge is 2.47. The molecule has 21 heavy (non-hydrogen) atoms. The molecule has 2 amide bonds. The molecule has 3 aliphatic rings. The van der Waals surface area contributed by atoms with E-state index in [9.17, 15) is 23.7 Å². The monoisotopic (exact) mass is 322 g/mol. The molecule has 0 aromatic rings. The minimum atomic E-state index is -4.57. The molecule has 3 aliphatic heterocycles. The number of phosphoric acid groups is 1. The first-order valence-corrected chi connectivity index (χ1v) is 7.19. The van der Waals surface area contributed by atoms with Crippen LogP contribution in [0.3, 0.4) is 0 Å². The molecule has 0 spiro atoms. The van der Waals surface area contributed by atoms with Crippen molar-refractivity contribution < 1.29 is 37.5 Å². The number of halogens is 1. The van der Waals surface area contributed by atoms with E-state index in [2.05, 4.69) is 14.4 Å². The number of nitrogens with two attached hydrogens (primary N) is 1. The Labute approximate surface area is 117 Å². The van der Waals surface area contributed by atoms with E-state index >= 15 is 0 Å². The zero-order valence-corrected chi connectivity index (χ0v) is 11.2. The Morgan fingerprint density at radius 3 is 3.05 bits per heavy atom. The van der Waals surface area contributed by atoms with Gasteiger partial charge in [-0.15, -0.1) is 0 Å². The normalized spacial score (nSPS) is 39.2. The molecule has 0 fully saturated rings. The quantitative estimate of drug-likeness (QED) is 0.497. The Balaban J connectivity index is 1.84. The predicted molar refractivity (Wildman–Crippen MR) is 60.1 cm³/mol. The lowest BCUT2D eigenvalue weighted by atomic mass is 10.2. The zero-order chi connectivity index (χ0) is 15.4. The molecule has 0 saturated carbocycles. The topological polar surface area (TPSA) is 146 Å². The summed E-state index contributed by atoms with van der Waals surface area (Å²) in [6, 6.07) is -0.820. The number of carbonyl (C=O) groups is 1. The van der Waals surface area contributed by atoms with Crippen LogP contribution in [0.15, 0.2) is 23.5 Å². The van der Waals surface area contributed by atoms with Crippen LogP contribution in [-0.2, 0) is 18.3 Å². The number of hydrogen-bond acceptors (Lipinski definition) is 8. The zero-order valence-electron chi connectivity index (χ0n) is 10.3. The first-order valence-electron chi connectivity index (χ1n) is 5.73. The molecule has 2 unspecified atom stereocenters. The summed E-state index contributed by atoms with van der Waals surface area (Å²) < 4.78 is 38.7. The van der Waals surface area contributed by atoms with E-state index in [1.165, 1.54) is 0 Å². The Kier molecular flexibility index (Phi) is 3.19. The van der Waals surface area contributed by atoms with Crippen molar-refractivity contribution in [1.29, 1.82) is 0 Å². The van der Waals surface area contributed by atoms with Crippen LogP contribution in [0.25, 0.3) is 0 Å². The van der Waals surface area contributed by atoms with E-state index in [0.29, 0.717) is 4.90 Å². The van der Waals surface area contributed by atoms with E-state index in [0.717, 1.165) is 6.20 Å². The van der Waals surface area contributed by atoms with E-state index in [1.54, 1.807) is 0 Å². The smallest absolute Gasteiger partial charge is 0.326 e. The second-order valence-corrected chi connectivity index (χ2v) is 5.74. The number of phosphoric ester groups is 1. The van der Waals surface area contributed by atoms with Crippen LogP contribution < -0.4 is 15.9 Å². The van der Waals surface area contributed by atoms with Gasteiger partial charge in [0.05, 0.1) is 0 Å². The maximum absolute atomic E-state index is 13.5. The third kappa shape index (κ3) is 2.39. The predicted octanol–water partition coefficient (Wildman–Crippen LogP) is -1.45. The SMILES string of the molecule is NC1NC(=O)N([C@@H]2OC3=C(OP(=O)([O-])OC3)[C@H]2O)C=C1F. The van der Waals surface area contributed by atoms with Crippen molar-refractivity contribution in [2.24, 2.45) is 5.73 Å². The van der Waals surface area contributed by atoms with Crippen molar-refractivity contribution in [3.63, 3.8) is 0 Å². The van der Waals surface area contributed by atoms with Crippen LogP contribution in [0.5, 0.6) is 0 Å². The number of rotatable bonds is 1. The summed E-state index contributed by atoms with van der Waals surface area (Å²) in [5.41, 5.74) is 5.28. The molecule has 0 bridgehead atoms.